The van der Waals surface area contributed by atoms with Gasteiger partial charge in [-0.05, 0) is 5.56 Å². The highest BCUT2D eigenvalue weighted by molar-refractivity contribution is 5.79. The van der Waals surface area contributed by atoms with Crippen molar-refractivity contribution < 1.29 is 4.74 Å². The Bertz CT molecular complexity index is 729. The topological polar surface area (TPSA) is 42.1 Å². The predicted molar refractivity (Wildman–Crippen MR) is 84.5 cm³/mol. The van der Waals surface area contributed by atoms with Crippen molar-refractivity contribution in [2.75, 3.05) is 7.11 Å². The molecule has 1 heterocycles. The van der Waals surface area contributed by atoms with E-state index in [9.17, 15) is 4.79 Å². The molecule has 0 bridgehead atoms. The zero-order valence-electron chi connectivity index (χ0n) is 11.7. The summed E-state index contributed by atoms with van der Waals surface area (Å²) in [4.78, 5) is 14.9. The Kier molecular flexibility index (Phi) is 3.56. The van der Waals surface area contributed by atoms with Crippen molar-refractivity contribution in [1.82, 2.24) is 4.98 Å². The standard InChI is InChI=1S/C18H15NO2/c1-21-18-15(13-8-4-2-5-9-13)12-16(20)19-17(18)14-10-6-3-7-11-14/h2-12H,1H3,(H,19,20). The summed E-state index contributed by atoms with van der Waals surface area (Å²) in [6, 6.07) is 21.0. The number of benzene rings is 2. The maximum absolute atomic E-state index is 12.0. The van der Waals surface area contributed by atoms with E-state index in [0.29, 0.717) is 11.4 Å². The van der Waals surface area contributed by atoms with Crippen LogP contribution >= 0.6 is 0 Å². The molecule has 0 aliphatic heterocycles. The number of aromatic nitrogens is 1. The van der Waals surface area contributed by atoms with Crippen LogP contribution in [0.4, 0.5) is 0 Å². The van der Waals surface area contributed by atoms with Crippen molar-refractivity contribution in [3.05, 3.63) is 77.1 Å². The van der Waals surface area contributed by atoms with Crippen LogP contribution in [-0.4, -0.2) is 12.1 Å². The van der Waals surface area contributed by atoms with Crippen LogP contribution in [0.2, 0.25) is 0 Å². The molecular formula is C18H15NO2. The van der Waals surface area contributed by atoms with E-state index >= 15 is 0 Å². The number of nitrogens with one attached hydrogen (secondary N) is 1. The second kappa shape index (κ2) is 5.67. The molecule has 0 fully saturated rings. The predicted octanol–water partition coefficient (Wildman–Crippen LogP) is 3.72. The van der Waals surface area contributed by atoms with Crippen LogP contribution in [-0.2, 0) is 0 Å². The van der Waals surface area contributed by atoms with Crippen LogP contribution in [0.5, 0.6) is 5.75 Å². The molecule has 3 nitrogen and oxygen atoms in total. The SMILES string of the molecule is COc1c(-c2ccccc2)cc(=O)[nH]c1-c1ccccc1. The maximum atomic E-state index is 12.0. The van der Waals surface area contributed by atoms with Crippen molar-refractivity contribution in [1.29, 1.82) is 0 Å². The lowest BCUT2D eigenvalue weighted by atomic mass is 10.0. The Hall–Kier alpha value is -2.81. The van der Waals surface area contributed by atoms with Crippen molar-refractivity contribution in [2.45, 2.75) is 0 Å². The Morgan fingerprint density at radius 2 is 1.43 bits per heavy atom. The number of methoxy groups -OCH3 is 1. The van der Waals surface area contributed by atoms with E-state index in [1.165, 1.54) is 0 Å². The van der Waals surface area contributed by atoms with Gasteiger partial charge < -0.3 is 9.72 Å². The summed E-state index contributed by atoms with van der Waals surface area (Å²) in [6.45, 7) is 0. The molecule has 0 aliphatic carbocycles. The van der Waals surface area contributed by atoms with Gasteiger partial charge in [0.1, 0.15) is 0 Å². The molecule has 0 aliphatic rings. The van der Waals surface area contributed by atoms with Crippen LogP contribution in [0.1, 0.15) is 0 Å². The molecule has 1 N–H and O–H groups in total. The van der Waals surface area contributed by atoms with Crippen molar-refractivity contribution in [2.24, 2.45) is 0 Å². The summed E-state index contributed by atoms with van der Waals surface area (Å²) in [5.74, 6) is 0.673. The average molecular weight is 277 g/mol. The fourth-order valence-corrected chi connectivity index (χ4v) is 2.40. The van der Waals surface area contributed by atoms with Crippen molar-refractivity contribution in [3.8, 4) is 28.1 Å². The Balaban J connectivity index is 2.28. The molecule has 0 saturated heterocycles. The zero-order chi connectivity index (χ0) is 14.7. The number of hydrogen-bond acceptors (Lipinski definition) is 2. The van der Waals surface area contributed by atoms with Gasteiger partial charge >= 0.3 is 0 Å². The van der Waals surface area contributed by atoms with E-state index < -0.39 is 0 Å². The molecule has 0 unspecified atom stereocenters. The Morgan fingerprint density at radius 1 is 0.857 bits per heavy atom. The monoisotopic (exact) mass is 277 g/mol. The lowest BCUT2D eigenvalue weighted by molar-refractivity contribution is 0.416. The normalized spacial score (nSPS) is 10.3. The summed E-state index contributed by atoms with van der Waals surface area (Å²) in [6.07, 6.45) is 0. The smallest absolute Gasteiger partial charge is 0.249 e. The molecule has 0 radical (unpaired) electrons. The highest BCUT2D eigenvalue weighted by Gasteiger charge is 2.14. The minimum Gasteiger partial charge on any atom is -0.494 e. The highest BCUT2D eigenvalue weighted by Crippen LogP contribution is 2.35. The molecule has 3 heteroatoms. The van der Waals surface area contributed by atoms with E-state index in [2.05, 4.69) is 4.98 Å². The third kappa shape index (κ3) is 2.58. The van der Waals surface area contributed by atoms with Gasteiger partial charge in [-0.15, -0.1) is 0 Å². The van der Waals surface area contributed by atoms with E-state index in [-0.39, 0.29) is 5.56 Å². The van der Waals surface area contributed by atoms with Crippen LogP contribution in [0, 0.1) is 0 Å². The third-order valence-electron chi connectivity index (χ3n) is 3.35. The Morgan fingerprint density at radius 3 is 2.00 bits per heavy atom. The first-order valence-corrected chi connectivity index (χ1v) is 6.72. The molecule has 0 amide bonds. The van der Waals surface area contributed by atoms with E-state index in [1.807, 2.05) is 60.7 Å². The minimum absolute atomic E-state index is 0.145. The molecule has 0 saturated carbocycles. The van der Waals surface area contributed by atoms with Gasteiger partial charge in [0.05, 0.1) is 12.8 Å². The lowest BCUT2D eigenvalue weighted by Crippen LogP contribution is -2.08. The number of H-pyrrole nitrogens is 1. The van der Waals surface area contributed by atoms with Gasteiger partial charge in [-0.25, -0.2) is 0 Å². The molecule has 21 heavy (non-hydrogen) atoms. The van der Waals surface area contributed by atoms with Gasteiger partial charge in [0.15, 0.2) is 5.75 Å². The fraction of sp³-hybridized carbons (Fsp3) is 0.0556. The molecule has 3 rings (SSSR count). The third-order valence-corrected chi connectivity index (χ3v) is 3.35. The molecule has 1 aromatic heterocycles. The van der Waals surface area contributed by atoms with Gasteiger partial charge in [-0.3, -0.25) is 4.79 Å². The molecule has 0 atom stereocenters. The lowest BCUT2D eigenvalue weighted by Gasteiger charge is -2.13. The quantitative estimate of drug-likeness (QED) is 0.792. The number of aromatic amines is 1. The summed E-state index contributed by atoms with van der Waals surface area (Å²) >= 11 is 0. The van der Waals surface area contributed by atoms with E-state index in [0.717, 1.165) is 16.7 Å². The Labute approximate surface area is 122 Å². The maximum Gasteiger partial charge on any atom is 0.249 e. The molecule has 3 aromatic rings. The summed E-state index contributed by atoms with van der Waals surface area (Å²) < 4.78 is 5.57. The first kappa shape index (κ1) is 13.2. The second-order valence-electron chi connectivity index (χ2n) is 4.69. The number of pyridine rings is 1. The van der Waals surface area contributed by atoms with Crippen LogP contribution in [0.15, 0.2) is 71.5 Å². The van der Waals surface area contributed by atoms with Crippen LogP contribution in [0.25, 0.3) is 22.4 Å². The number of rotatable bonds is 3. The van der Waals surface area contributed by atoms with Crippen molar-refractivity contribution >= 4 is 0 Å². The largest absolute Gasteiger partial charge is 0.494 e. The summed E-state index contributed by atoms with van der Waals surface area (Å²) in [7, 11) is 1.62. The van der Waals surface area contributed by atoms with Gasteiger partial charge in [0.25, 0.3) is 0 Å². The van der Waals surface area contributed by atoms with Gasteiger partial charge in [0.2, 0.25) is 5.56 Å². The van der Waals surface area contributed by atoms with Gasteiger partial charge in [-0.1, -0.05) is 60.7 Å². The van der Waals surface area contributed by atoms with Gasteiger partial charge in [0, 0.05) is 17.2 Å². The summed E-state index contributed by atoms with van der Waals surface area (Å²) in [5, 5.41) is 0. The minimum atomic E-state index is -0.145. The molecule has 104 valence electrons. The average Bonchev–Trinajstić information content (AvgIpc) is 2.55. The van der Waals surface area contributed by atoms with Crippen molar-refractivity contribution in [3.63, 3.8) is 0 Å². The molecular weight excluding hydrogens is 262 g/mol. The fourth-order valence-electron chi connectivity index (χ4n) is 2.40. The highest BCUT2D eigenvalue weighted by atomic mass is 16.5. The molecule has 2 aromatic carbocycles. The number of ether oxygens (including phenoxy) is 1. The first-order chi connectivity index (χ1) is 10.3. The van der Waals surface area contributed by atoms with E-state index in [1.54, 1.807) is 13.2 Å². The zero-order valence-corrected chi connectivity index (χ0v) is 11.7. The second-order valence-corrected chi connectivity index (χ2v) is 4.69. The first-order valence-electron chi connectivity index (χ1n) is 6.72. The van der Waals surface area contributed by atoms with Crippen LogP contribution < -0.4 is 10.3 Å². The number of hydrogen-bond donors (Lipinski definition) is 1. The van der Waals surface area contributed by atoms with E-state index in [4.69, 9.17) is 4.74 Å². The van der Waals surface area contributed by atoms with Gasteiger partial charge in [-0.2, -0.15) is 0 Å². The summed E-state index contributed by atoms with van der Waals surface area (Å²) in [5.41, 5.74) is 3.22. The molecule has 0 spiro atoms. The van der Waals surface area contributed by atoms with Crippen LogP contribution in [0.3, 0.4) is 0 Å².